The van der Waals surface area contributed by atoms with Crippen molar-refractivity contribution in [1.82, 2.24) is 5.43 Å². The van der Waals surface area contributed by atoms with Crippen molar-refractivity contribution in [3.63, 3.8) is 0 Å². The molecule has 0 bridgehead atoms. The minimum Gasteiger partial charge on any atom is -0.473 e. The second-order valence-electron chi connectivity index (χ2n) is 4.15. The molecule has 0 aliphatic heterocycles. The van der Waals surface area contributed by atoms with Gasteiger partial charge in [0.1, 0.15) is 11.9 Å². The second kappa shape index (κ2) is 6.06. The first-order valence-electron chi connectivity index (χ1n) is 4.77. The number of amides is 2. The van der Waals surface area contributed by atoms with E-state index in [1.165, 1.54) is 0 Å². The Bertz CT molecular complexity index is 283. The van der Waals surface area contributed by atoms with E-state index in [0.29, 0.717) is 6.29 Å². The third kappa shape index (κ3) is 6.77. The Morgan fingerprint density at radius 1 is 1.56 bits per heavy atom. The van der Waals surface area contributed by atoms with Crippen LogP contribution in [0.2, 0.25) is 0 Å². The van der Waals surface area contributed by atoms with Crippen LogP contribution in [-0.2, 0) is 9.53 Å². The number of nitrogens with two attached hydrogens (primary N) is 2. The van der Waals surface area contributed by atoms with Gasteiger partial charge in [-0.25, -0.2) is 10.2 Å². The zero-order chi connectivity index (χ0) is 12.8. The number of urea groups is 1. The zero-order valence-corrected chi connectivity index (χ0v) is 9.69. The fourth-order valence-electron chi connectivity index (χ4n) is 0.810. The Labute approximate surface area is 94.2 Å². The van der Waals surface area contributed by atoms with E-state index in [-0.39, 0.29) is 12.3 Å². The van der Waals surface area contributed by atoms with Crippen LogP contribution in [0.3, 0.4) is 0 Å². The molecule has 2 amide bonds. The summed E-state index contributed by atoms with van der Waals surface area (Å²) in [6.07, 6.45) is 0.700. The highest BCUT2D eigenvalue weighted by atomic mass is 16.5. The summed E-state index contributed by atoms with van der Waals surface area (Å²) in [5.74, 6) is 0.0680. The molecule has 7 nitrogen and oxygen atoms in total. The predicted octanol–water partition coefficient (Wildman–Crippen LogP) is -0.300. The van der Waals surface area contributed by atoms with Crippen LogP contribution in [0.1, 0.15) is 27.2 Å². The van der Waals surface area contributed by atoms with E-state index in [9.17, 15) is 9.59 Å². The lowest BCUT2D eigenvalue weighted by Crippen LogP contribution is -2.40. The van der Waals surface area contributed by atoms with Crippen molar-refractivity contribution in [3.8, 4) is 0 Å². The minimum absolute atomic E-state index is 0.0509. The maximum absolute atomic E-state index is 10.5. The van der Waals surface area contributed by atoms with Crippen LogP contribution in [0.5, 0.6) is 0 Å². The third-order valence-electron chi connectivity index (χ3n) is 1.35. The van der Waals surface area contributed by atoms with Crippen molar-refractivity contribution in [2.75, 3.05) is 0 Å². The van der Waals surface area contributed by atoms with Gasteiger partial charge in [0.15, 0.2) is 0 Å². The summed E-state index contributed by atoms with van der Waals surface area (Å²) in [5.41, 5.74) is 12.0. The van der Waals surface area contributed by atoms with Crippen LogP contribution in [0.15, 0.2) is 5.10 Å². The molecule has 0 saturated carbocycles. The number of nitrogens with zero attached hydrogens (tertiary/aromatic N) is 1. The molecular formula is C9H18N4O3. The van der Waals surface area contributed by atoms with Crippen molar-refractivity contribution < 1.29 is 14.3 Å². The smallest absolute Gasteiger partial charge is 0.332 e. The van der Waals surface area contributed by atoms with Gasteiger partial charge in [0.2, 0.25) is 5.90 Å². The molecule has 0 aromatic carbocycles. The molecular weight excluding hydrogens is 212 g/mol. The van der Waals surface area contributed by atoms with Gasteiger partial charge in [0.25, 0.3) is 0 Å². The maximum atomic E-state index is 10.5. The zero-order valence-electron chi connectivity index (χ0n) is 9.69. The molecule has 0 aliphatic carbocycles. The van der Waals surface area contributed by atoms with Crippen LogP contribution in [-0.4, -0.2) is 29.9 Å². The van der Waals surface area contributed by atoms with Crippen LogP contribution < -0.4 is 16.9 Å². The molecule has 1 unspecified atom stereocenters. The average molecular weight is 230 g/mol. The van der Waals surface area contributed by atoms with Gasteiger partial charge in [0.05, 0.1) is 6.04 Å². The van der Waals surface area contributed by atoms with Gasteiger partial charge in [-0.1, -0.05) is 0 Å². The Kier molecular flexibility index (Phi) is 5.44. The number of carbonyl (C=O) groups is 2. The first-order valence-corrected chi connectivity index (χ1v) is 4.77. The summed E-state index contributed by atoms with van der Waals surface area (Å²) < 4.78 is 5.40. The monoisotopic (exact) mass is 230 g/mol. The number of hydrogen-bond acceptors (Lipinski definition) is 5. The fraction of sp³-hybridized carbons (Fsp3) is 0.667. The molecule has 0 aromatic rings. The average Bonchev–Trinajstić information content (AvgIpc) is 2.10. The molecule has 0 aromatic heterocycles. The van der Waals surface area contributed by atoms with E-state index in [2.05, 4.69) is 5.10 Å². The van der Waals surface area contributed by atoms with Gasteiger partial charge in [-0.15, -0.1) is 5.10 Å². The highest BCUT2D eigenvalue weighted by molar-refractivity contribution is 5.85. The molecule has 0 aliphatic rings. The van der Waals surface area contributed by atoms with Crippen molar-refractivity contribution >= 4 is 18.2 Å². The van der Waals surface area contributed by atoms with Gasteiger partial charge in [-0.3, -0.25) is 0 Å². The lowest BCUT2D eigenvalue weighted by atomic mass is 10.1. The summed E-state index contributed by atoms with van der Waals surface area (Å²) >= 11 is 0. The number of hydrazone groups is 1. The van der Waals surface area contributed by atoms with Crippen molar-refractivity contribution in [2.45, 2.75) is 38.8 Å². The molecule has 5 N–H and O–H groups in total. The topological polar surface area (TPSA) is 120 Å². The molecule has 0 heterocycles. The first kappa shape index (κ1) is 14.4. The number of nitrogens with one attached hydrogen (secondary N) is 1. The Morgan fingerprint density at radius 2 is 2.12 bits per heavy atom. The normalized spacial score (nSPS) is 14.1. The predicted molar refractivity (Wildman–Crippen MR) is 59.6 cm³/mol. The number of primary amides is 1. The molecule has 16 heavy (non-hydrogen) atoms. The molecule has 0 radical (unpaired) electrons. The summed E-state index contributed by atoms with van der Waals surface area (Å²) in [6, 6.07) is -1.53. The number of carbonyl (C=O) groups excluding carboxylic acids is 2. The number of rotatable bonds is 4. The number of hydrogen-bond donors (Lipinski definition) is 3. The van der Waals surface area contributed by atoms with E-state index < -0.39 is 17.7 Å². The molecule has 1 atom stereocenters. The number of ether oxygens (including phenoxy) is 1. The van der Waals surface area contributed by atoms with Gasteiger partial charge in [-0.05, 0) is 20.8 Å². The SMILES string of the molecule is CC(C)(C)OC(=NNC(N)=O)C(N)CC=O. The standard InChI is InChI=1S/C9H18N4O3/c1-9(2,3)16-7(6(10)4-5-14)12-13-8(11)15/h5-6H,4,10H2,1-3H3,(H3,11,13,15). The molecule has 0 rings (SSSR count). The molecule has 92 valence electrons. The number of aldehydes is 1. The van der Waals surface area contributed by atoms with Crippen LogP contribution in [0.25, 0.3) is 0 Å². The fourth-order valence-corrected chi connectivity index (χ4v) is 0.810. The van der Waals surface area contributed by atoms with E-state index in [1.54, 1.807) is 20.8 Å². The van der Waals surface area contributed by atoms with E-state index >= 15 is 0 Å². The molecule has 0 fully saturated rings. The van der Waals surface area contributed by atoms with Gasteiger partial charge in [-0.2, -0.15) is 0 Å². The summed E-state index contributed by atoms with van der Waals surface area (Å²) in [4.78, 5) is 20.8. The lowest BCUT2D eigenvalue weighted by molar-refractivity contribution is -0.108. The van der Waals surface area contributed by atoms with E-state index in [4.69, 9.17) is 16.2 Å². The maximum Gasteiger partial charge on any atom is 0.332 e. The largest absolute Gasteiger partial charge is 0.473 e. The van der Waals surface area contributed by atoms with Gasteiger partial charge in [0, 0.05) is 6.42 Å². The lowest BCUT2D eigenvalue weighted by Gasteiger charge is -2.24. The van der Waals surface area contributed by atoms with Crippen LogP contribution >= 0.6 is 0 Å². The molecule has 0 spiro atoms. The molecule has 7 heteroatoms. The minimum atomic E-state index is -0.826. The Morgan fingerprint density at radius 3 is 2.50 bits per heavy atom. The van der Waals surface area contributed by atoms with Crippen molar-refractivity contribution in [1.29, 1.82) is 0 Å². The summed E-state index contributed by atoms with van der Waals surface area (Å²) in [5, 5.41) is 3.61. The highest BCUT2D eigenvalue weighted by Crippen LogP contribution is 2.09. The summed E-state index contributed by atoms with van der Waals surface area (Å²) in [7, 11) is 0. The van der Waals surface area contributed by atoms with E-state index in [1.807, 2.05) is 5.43 Å². The van der Waals surface area contributed by atoms with Crippen LogP contribution in [0.4, 0.5) is 4.79 Å². The Balaban J connectivity index is 4.68. The quantitative estimate of drug-likeness (QED) is 0.266. The second-order valence-corrected chi connectivity index (χ2v) is 4.15. The van der Waals surface area contributed by atoms with Gasteiger partial charge >= 0.3 is 6.03 Å². The van der Waals surface area contributed by atoms with Crippen molar-refractivity contribution in [3.05, 3.63) is 0 Å². The Hall–Kier alpha value is -1.63. The van der Waals surface area contributed by atoms with Crippen LogP contribution in [0, 0.1) is 0 Å². The third-order valence-corrected chi connectivity index (χ3v) is 1.35. The molecule has 0 saturated heterocycles. The summed E-state index contributed by atoms with van der Waals surface area (Å²) in [6.45, 7) is 5.38. The van der Waals surface area contributed by atoms with Gasteiger partial charge < -0.3 is 21.0 Å². The first-order chi connectivity index (χ1) is 7.26. The van der Waals surface area contributed by atoms with E-state index in [0.717, 1.165) is 0 Å². The highest BCUT2D eigenvalue weighted by Gasteiger charge is 2.20. The van der Waals surface area contributed by atoms with Crippen molar-refractivity contribution in [2.24, 2.45) is 16.6 Å².